The molecule has 1 aliphatic carbocycles. The highest BCUT2D eigenvalue weighted by Crippen LogP contribution is 2.38. The molecule has 2 aliphatic rings. The van der Waals surface area contributed by atoms with E-state index in [2.05, 4.69) is 50.2 Å². The summed E-state index contributed by atoms with van der Waals surface area (Å²) in [5.41, 5.74) is 8.55. The summed E-state index contributed by atoms with van der Waals surface area (Å²) >= 11 is 0. The molecule has 1 heterocycles. The van der Waals surface area contributed by atoms with Crippen LogP contribution in [0.3, 0.4) is 0 Å². The van der Waals surface area contributed by atoms with Gasteiger partial charge in [0.15, 0.2) is 0 Å². The Labute approximate surface area is 228 Å². The van der Waals surface area contributed by atoms with Gasteiger partial charge in [-0.25, -0.2) is 0 Å². The molecule has 202 valence electrons. The zero-order valence-electron chi connectivity index (χ0n) is 23.1. The lowest BCUT2D eigenvalue weighted by atomic mass is 9.90. The van der Waals surface area contributed by atoms with Crippen molar-refractivity contribution in [2.24, 2.45) is 5.41 Å². The molecule has 0 bridgehead atoms. The third-order valence-electron chi connectivity index (χ3n) is 7.61. The van der Waals surface area contributed by atoms with E-state index in [-0.39, 0.29) is 5.41 Å². The van der Waals surface area contributed by atoms with Gasteiger partial charge in [-0.15, -0.1) is 0 Å². The van der Waals surface area contributed by atoms with Crippen LogP contribution in [0.25, 0.3) is 11.1 Å². The Morgan fingerprint density at radius 2 is 1.39 bits per heavy atom. The Hall–Kier alpha value is -2.82. The van der Waals surface area contributed by atoms with Gasteiger partial charge in [-0.1, -0.05) is 63.1 Å². The molecule has 4 heteroatoms. The molecule has 3 aromatic rings. The van der Waals surface area contributed by atoms with E-state index in [1.807, 2.05) is 24.3 Å². The first kappa shape index (κ1) is 26.8. The SMILES string of the molecule is CCCCCc1ccc2c(c1)Cc1cc(COc3ccc(OCCCCOCC4(C)COC4)cc3)ccc1-2. The van der Waals surface area contributed by atoms with Crippen LogP contribution in [-0.2, 0) is 28.9 Å². The van der Waals surface area contributed by atoms with Gasteiger partial charge in [0, 0.05) is 12.0 Å². The van der Waals surface area contributed by atoms with Gasteiger partial charge in [0.05, 0.1) is 26.4 Å². The lowest BCUT2D eigenvalue weighted by Gasteiger charge is -2.37. The Morgan fingerprint density at radius 3 is 2.08 bits per heavy atom. The van der Waals surface area contributed by atoms with Crippen LogP contribution in [0.15, 0.2) is 60.7 Å². The minimum atomic E-state index is 0.227. The smallest absolute Gasteiger partial charge is 0.120 e. The second kappa shape index (κ2) is 12.8. The molecule has 0 radical (unpaired) electrons. The molecule has 1 aliphatic heterocycles. The molecule has 0 aromatic heterocycles. The van der Waals surface area contributed by atoms with E-state index in [1.54, 1.807) is 0 Å². The number of hydrogen-bond acceptors (Lipinski definition) is 4. The van der Waals surface area contributed by atoms with Crippen LogP contribution in [0, 0.1) is 5.41 Å². The maximum atomic E-state index is 6.09. The first-order chi connectivity index (χ1) is 18.6. The third kappa shape index (κ3) is 6.98. The summed E-state index contributed by atoms with van der Waals surface area (Å²) in [5.74, 6) is 1.74. The fourth-order valence-corrected chi connectivity index (χ4v) is 5.29. The molecule has 0 saturated carbocycles. The van der Waals surface area contributed by atoms with Gasteiger partial charge in [0.2, 0.25) is 0 Å². The number of ether oxygens (including phenoxy) is 4. The van der Waals surface area contributed by atoms with Crippen molar-refractivity contribution in [3.05, 3.63) is 82.9 Å². The highest BCUT2D eigenvalue weighted by molar-refractivity contribution is 5.77. The van der Waals surface area contributed by atoms with Gasteiger partial charge < -0.3 is 18.9 Å². The van der Waals surface area contributed by atoms with Gasteiger partial charge in [-0.2, -0.15) is 0 Å². The van der Waals surface area contributed by atoms with Gasteiger partial charge in [0.25, 0.3) is 0 Å². The van der Waals surface area contributed by atoms with Gasteiger partial charge in [-0.3, -0.25) is 0 Å². The number of hydrogen-bond donors (Lipinski definition) is 0. The van der Waals surface area contributed by atoms with E-state index < -0.39 is 0 Å². The van der Waals surface area contributed by atoms with Crippen molar-refractivity contribution >= 4 is 0 Å². The van der Waals surface area contributed by atoms with Crippen LogP contribution >= 0.6 is 0 Å². The van der Waals surface area contributed by atoms with Crippen LogP contribution in [-0.4, -0.2) is 33.0 Å². The molecule has 0 spiro atoms. The molecule has 0 N–H and O–H groups in total. The molecule has 0 unspecified atom stereocenters. The molecule has 0 amide bonds. The number of fused-ring (bicyclic) bond motifs is 3. The van der Waals surface area contributed by atoms with E-state index in [0.29, 0.717) is 13.2 Å². The minimum Gasteiger partial charge on any atom is -0.494 e. The second-order valence-electron chi connectivity index (χ2n) is 11.3. The van der Waals surface area contributed by atoms with E-state index in [1.165, 1.54) is 59.1 Å². The zero-order valence-corrected chi connectivity index (χ0v) is 23.1. The van der Waals surface area contributed by atoms with Crippen LogP contribution in [0.2, 0.25) is 0 Å². The van der Waals surface area contributed by atoms with Gasteiger partial charge >= 0.3 is 0 Å². The average molecular weight is 515 g/mol. The predicted octanol–water partition coefficient (Wildman–Crippen LogP) is 7.78. The molecule has 0 atom stereocenters. The summed E-state index contributed by atoms with van der Waals surface area (Å²) < 4.78 is 23.0. The standard InChI is InChI=1S/C34H42O4/c1-3-4-5-8-26-9-15-32-28(19-26)21-29-20-27(10-16-33(29)32)22-38-31-13-11-30(12-14-31)37-18-7-6-17-35-23-34(2)24-36-25-34/h9-16,19-20H,3-8,17-18,21-25H2,1-2H3. The van der Waals surface area contributed by atoms with E-state index >= 15 is 0 Å². The van der Waals surface area contributed by atoms with Crippen molar-refractivity contribution < 1.29 is 18.9 Å². The predicted molar refractivity (Wildman–Crippen MR) is 153 cm³/mol. The largest absolute Gasteiger partial charge is 0.494 e. The third-order valence-corrected chi connectivity index (χ3v) is 7.61. The van der Waals surface area contributed by atoms with Crippen LogP contribution in [0.4, 0.5) is 0 Å². The summed E-state index contributed by atoms with van der Waals surface area (Å²) in [6.45, 7) is 8.93. The molecule has 5 rings (SSSR count). The lowest BCUT2D eigenvalue weighted by Crippen LogP contribution is -2.43. The van der Waals surface area contributed by atoms with Crippen molar-refractivity contribution in [3.63, 3.8) is 0 Å². The highest BCUT2D eigenvalue weighted by atomic mass is 16.5. The Bertz CT molecular complexity index is 1180. The van der Waals surface area contributed by atoms with Crippen molar-refractivity contribution in [3.8, 4) is 22.6 Å². The Kier molecular flexibility index (Phi) is 9.03. The quantitative estimate of drug-likeness (QED) is 0.152. The second-order valence-corrected chi connectivity index (χ2v) is 11.3. The summed E-state index contributed by atoms with van der Waals surface area (Å²) in [5, 5.41) is 0. The fourth-order valence-electron chi connectivity index (χ4n) is 5.29. The highest BCUT2D eigenvalue weighted by Gasteiger charge is 2.33. The lowest BCUT2D eigenvalue weighted by molar-refractivity contribution is -0.138. The van der Waals surface area contributed by atoms with Crippen LogP contribution < -0.4 is 9.47 Å². The summed E-state index contributed by atoms with van der Waals surface area (Å²) in [7, 11) is 0. The van der Waals surface area contributed by atoms with E-state index in [0.717, 1.165) is 57.2 Å². The molecule has 38 heavy (non-hydrogen) atoms. The molecule has 4 nitrogen and oxygen atoms in total. The number of unbranched alkanes of at least 4 members (excludes halogenated alkanes) is 3. The van der Waals surface area contributed by atoms with Crippen molar-refractivity contribution in [2.45, 2.75) is 65.4 Å². The Balaban J connectivity index is 1.03. The number of aryl methyl sites for hydroxylation is 1. The molecular weight excluding hydrogens is 472 g/mol. The maximum absolute atomic E-state index is 6.09. The van der Waals surface area contributed by atoms with Crippen LogP contribution in [0.5, 0.6) is 11.5 Å². The van der Waals surface area contributed by atoms with Crippen LogP contribution in [0.1, 0.15) is 68.2 Å². The zero-order chi connectivity index (χ0) is 26.2. The first-order valence-electron chi connectivity index (χ1n) is 14.4. The molecule has 3 aromatic carbocycles. The minimum absolute atomic E-state index is 0.227. The summed E-state index contributed by atoms with van der Waals surface area (Å²) in [6.07, 6.45) is 8.05. The Morgan fingerprint density at radius 1 is 0.737 bits per heavy atom. The monoisotopic (exact) mass is 514 g/mol. The van der Waals surface area contributed by atoms with E-state index in [9.17, 15) is 0 Å². The average Bonchev–Trinajstić information content (AvgIpc) is 3.28. The topological polar surface area (TPSA) is 36.9 Å². The normalized spacial score (nSPS) is 15.0. The molecular formula is C34H42O4. The number of benzene rings is 3. The van der Waals surface area contributed by atoms with Crippen molar-refractivity contribution in [1.29, 1.82) is 0 Å². The maximum Gasteiger partial charge on any atom is 0.120 e. The number of rotatable bonds is 15. The molecule has 1 saturated heterocycles. The first-order valence-corrected chi connectivity index (χ1v) is 14.4. The van der Waals surface area contributed by atoms with Crippen molar-refractivity contribution in [2.75, 3.05) is 33.0 Å². The summed E-state index contributed by atoms with van der Waals surface area (Å²) in [4.78, 5) is 0. The van der Waals surface area contributed by atoms with Gasteiger partial charge in [-0.05, 0) is 89.8 Å². The van der Waals surface area contributed by atoms with Gasteiger partial charge in [0.1, 0.15) is 18.1 Å². The summed E-state index contributed by atoms with van der Waals surface area (Å²) in [6, 6.07) is 21.8. The van der Waals surface area contributed by atoms with E-state index in [4.69, 9.17) is 18.9 Å². The van der Waals surface area contributed by atoms with Crippen molar-refractivity contribution in [1.82, 2.24) is 0 Å². The molecule has 1 fully saturated rings. The fraction of sp³-hybridized carbons (Fsp3) is 0.471.